The molecule has 7 nitrogen and oxygen atoms in total. The number of phenols is 1. The number of amides is 2. The topological polar surface area (TPSA) is 103 Å². The molecule has 0 aliphatic carbocycles. The lowest BCUT2D eigenvalue weighted by molar-refractivity contribution is 0.248. The van der Waals surface area contributed by atoms with Gasteiger partial charge in [-0.15, -0.1) is 0 Å². The van der Waals surface area contributed by atoms with Crippen LogP contribution in [0.1, 0.15) is 17.4 Å². The summed E-state index contributed by atoms with van der Waals surface area (Å²) in [6.45, 7) is 0. The molecule has 0 fully saturated rings. The molecular formula is C21H19N5O2. The zero-order chi connectivity index (χ0) is 19.3. The number of urea groups is 1. The number of para-hydroxylation sites is 2. The van der Waals surface area contributed by atoms with Gasteiger partial charge in [-0.3, -0.25) is 4.98 Å². The Morgan fingerprint density at radius 2 is 1.79 bits per heavy atom. The number of hydrogen-bond donors (Lipinski definition) is 4. The van der Waals surface area contributed by atoms with Gasteiger partial charge >= 0.3 is 6.03 Å². The van der Waals surface area contributed by atoms with E-state index in [-0.39, 0.29) is 17.8 Å². The number of hydrogen-bond acceptors (Lipinski definition) is 4. The third-order valence-corrected chi connectivity index (χ3v) is 4.36. The largest absolute Gasteiger partial charge is 0.508 e. The second-order valence-corrected chi connectivity index (χ2v) is 6.40. The Kier molecular flexibility index (Phi) is 4.88. The number of nitrogens with zero attached hydrogens (tertiary/aromatic N) is 2. The fourth-order valence-electron chi connectivity index (χ4n) is 2.98. The van der Waals surface area contributed by atoms with E-state index in [0.717, 1.165) is 16.6 Å². The van der Waals surface area contributed by atoms with Gasteiger partial charge in [0.2, 0.25) is 0 Å². The summed E-state index contributed by atoms with van der Waals surface area (Å²) in [6.07, 6.45) is 3.75. The number of nitrogens with one attached hydrogen (secondary N) is 3. The Bertz CT molecular complexity index is 1040. The van der Waals surface area contributed by atoms with Crippen LogP contribution in [0.3, 0.4) is 0 Å². The summed E-state index contributed by atoms with van der Waals surface area (Å²) in [5.41, 5.74) is 3.36. The number of rotatable bonds is 5. The summed E-state index contributed by atoms with van der Waals surface area (Å²) < 4.78 is 0. The maximum absolute atomic E-state index is 12.5. The lowest BCUT2D eigenvalue weighted by Crippen LogP contribution is -2.34. The average Bonchev–Trinajstić information content (AvgIpc) is 3.14. The first-order chi connectivity index (χ1) is 13.7. The van der Waals surface area contributed by atoms with E-state index in [2.05, 4.69) is 25.6 Å². The van der Waals surface area contributed by atoms with E-state index < -0.39 is 0 Å². The van der Waals surface area contributed by atoms with Crippen LogP contribution in [0.15, 0.2) is 73.1 Å². The molecule has 7 heteroatoms. The lowest BCUT2D eigenvalue weighted by atomic mass is 10.1. The zero-order valence-electron chi connectivity index (χ0n) is 15.0. The highest BCUT2D eigenvalue weighted by Crippen LogP contribution is 2.21. The Morgan fingerprint density at radius 1 is 1.04 bits per heavy atom. The molecule has 0 unspecified atom stereocenters. The fourth-order valence-corrected chi connectivity index (χ4v) is 2.98. The van der Waals surface area contributed by atoms with Crippen molar-refractivity contribution in [2.75, 3.05) is 5.32 Å². The zero-order valence-corrected chi connectivity index (χ0v) is 15.0. The highest BCUT2D eigenvalue weighted by atomic mass is 16.3. The van der Waals surface area contributed by atoms with Crippen molar-refractivity contribution in [3.63, 3.8) is 0 Å². The molecule has 0 spiro atoms. The second-order valence-electron chi connectivity index (χ2n) is 6.40. The number of aromatic hydroxyl groups is 1. The molecule has 28 heavy (non-hydrogen) atoms. The van der Waals surface area contributed by atoms with Crippen molar-refractivity contribution in [3.05, 3.63) is 84.4 Å². The molecule has 0 bridgehead atoms. The maximum atomic E-state index is 12.5. The van der Waals surface area contributed by atoms with Crippen LogP contribution in [0.4, 0.5) is 10.5 Å². The Labute approximate surface area is 161 Å². The number of benzene rings is 2. The minimum absolute atomic E-state index is 0.201. The summed E-state index contributed by atoms with van der Waals surface area (Å²) >= 11 is 0. The second kappa shape index (κ2) is 7.79. The summed E-state index contributed by atoms with van der Waals surface area (Å²) in [4.78, 5) is 24.4. The van der Waals surface area contributed by atoms with E-state index in [1.165, 1.54) is 0 Å². The highest BCUT2D eigenvalue weighted by molar-refractivity contribution is 5.89. The molecule has 0 aliphatic rings. The molecule has 0 saturated heterocycles. The van der Waals surface area contributed by atoms with Crippen molar-refractivity contribution < 1.29 is 9.90 Å². The summed E-state index contributed by atoms with van der Waals surface area (Å²) in [5, 5.41) is 15.3. The van der Waals surface area contributed by atoms with Crippen LogP contribution in [0.25, 0.3) is 11.0 Å². The van der Waals surface area contributed by atoms with E-state index in [9.17, 15) is 9.90 Å². The van der Waals surface area contributed by atoms with Crippen LogP contribution in [-0.2, 0) is 6.42 Å². The molecule has 4 N–H and O–H groups in total. The first kappa shape index (κ1) is 17.5. The van der Waals surface area contributed by atoms with Crippen molar-refractivity contribution in [1.29, 1.82) is 0 Å². The SMILES string of the molecule is O=C(Nc1ccncc1)N[C@@H](Cc1ccc(O)cc1)c1nc2ccccc2[nH]1. The number of anilines is 1. The highest BCUT2D eigenvalue weighted by Gasteiger charge is 2.19. The van der Waals surface area contributed by atoms with Crippen LogP contribution in [0.2, 0.25) is 0 Å². The minimum Gasteiger partial charge on any atom is -0.508 e. The van der Waals surface area contributed by atoms with Gasteiger partial charge in [0.05, 0.1) is 17.1 Å². The number of aromatic nitrogens is 3. The van der Waals surface area contributed by atoms with Gasteiger partial charge in [-0.1, -0.05) is 24.3 Å². The predicted octanol–water partition coefficient (Wildman–Crippen LogP) is 3.77. The number of imidazole rings is 1. The Balaban J connectivity index is 1.58. The third-order valence-electron chi connectivity index (χ3n) is 4.36. The minimum atomic E-state index is -0.376. The van der Waals surface area contributed by atoms with E-state index in [0.29, 0.717) is 17.9 Å². The first-order valence-corrected chi connectivity index (χ1v) is 8.87. The van der Waals surface area contributed by atoms with Crippen LogP contribution in [0, 0.1) is 0 Å². The molecule has 4 aromatic rings. The number of aromatic amines is 1. The van der Waals surface area contributed by atoms with Gasteiger partial charge in [0, 0.05) is 18.1 Å². The van der Waals surface area contributed by atoms with Crippen LogP contribution in [-0.4, -0.2) is 26.1 Å². The summed E-state index contributed by atoms with van der Waals surface area (Å²) in [6, 6.07) is 17.4. The lowest BCUT2D eigenvalue weighted by Gasteiger charge is -2.17. The molecule has 1 atom stereocenters. The van der Waals surface area contributed by atoms with Crippen LogP contribution in [0.5, 0.6) is 5.75 Å². The molecular weight excluding hydrogens is 354 g/mol. The monoisotopic (exact) mass is 373 g/mol. The Hall–Kier alpha value is -3.87. The predicted molar refractivity (Wildman–Crippen MR) is 107 cm³/mol. The van der Waals surface area contributed by atoms with Crippen LogP contribution < -0.4 is 10.6 Å². The molecule has 2 amide bonds. The fraction of sp³-hybridized carbons (Fsp3) is 0.0952. The molecule has 0 radical (unpaired) electrons. The van der Waals surface area contributed by atoms with Crippen molar-refractivity contribution in [1.82, 2.24) is 20.3 Å². The molecule has 0 saturated carbocycles. The molecule has 2 aromatic heterocycles. The molecule has 140 valence electrons. The normalized spacial score (nSPS) is 11.9. The molecule has 4 rings (SSSR count). The maximum Gasteiger partial charge on any atom is 0.319 e. The summed E-state index contributed by atoms with van der Waals surface area (Å²) in [7, 11) is 0. The van der Waals surface area contributed by atoms with E-state index in [4.69, 9.17) is 0 Å². The van der Waals surface area contributed by atoms with Gasteiger partial charge in [0.1, 0.15) is 11.6 Å². The average molecular weight is 373 g/mol. The van der Waals surface area contributed by atoms with Gasteiger partial charge in [-0.25, -0.2) is 9.78 Å². The van der Waals surface area contributed by atoms with Crippen molar-refractivity contribution in [2.24, 2.45) is 0 Å². The van der Waals surface area contributed by atoms with Gasteiger partial charge in [0.25, 0.3) is 0 Å². The first-order valence-electron chi connectivity index (χ1n) is 8.87. The van der Waals surface area contributed by atoms with Crippen molar-refractivity contribution in [2.45, 2.75) is 12.5 Å². The van der Waals surface area contributed by atoms with Crippen molar-refractivity contribution in [3.8, 4) is 5.75 Å². The van der Waals surface area contributed by atoms with Crippen molar-refractivity contribution >= 4 is 22.8 Å². The number of carbonyl (C=O) groups excluding carboxylic acids is 1. The summed E-state index contributed by atoms with van der Waals surface area (Å²) in [5.74, 6) is 0.867. The van der Waals surface area contributed by atoms with E-state index in [1.807, 2.05) is 36.4 Å². The number of pyridine rings is 1. The van der Waals surface area contributed by atoms with Gasteiger partial charge in [0.15, 0.2) is 0 Å². The number of phenolic OH excluding ortho intramolecular Hbond substituents is 1. The quantitative estimate of drug-likeness (QED) is 0.427. The number of fused-ring (bicyclic) bond motifs is 1. The van der Waals surface area contributed by atoms with E-state index >= 15 is 0 Å². The molecule has 2 aromatic carbocycles. The Morgan fingerprint density at radius 3 is 2.54 bits per heavy atom. The third kappa shape index (κ3) is 4.09. The van der Waals surface area contributed by atoms with Crippen LogP contribution >= 0.6 is 0 Å². The number of H-pyrrole nitrogens is 1. The number of carbonyl (C=O) groups is 1. The van der Waals surface area contributed by atoms with Gasteiger partial charge < -0.3 is 20.7 Å². The smallest absolute Gasteiger partial charge is 0.319 e. The molecule has 2 heterocycles. The van der Waals surface area contributed by atoms with Gasteiger partial charge in [-0.05, 0) is 48.4 Å². The molecule has 0 aliphatic heterocycles. The van der Waals surface area contributed by atoms with E-state index in [1.54, 1.807) is 36.7 Å². The van der Waals surface area contributed by atoms with Gasteiger partial charge in [-0.2, -0.15) is 0 Å². The standard InChI is InChI=1S/C21H19N5O2/c27-16-7-5-14(6-8-16)13-19(20-24-17-3-1-2-4-18(17)25-20)26-21(28)23-15-9-11-22-12-10-15/h1-12,19,27H,13H2,(H,24,25)(H2,22,23,26,28)/t19-/m0/s1.